The molecule has 0 amide bonds. The Labute approximate surface area is 114 Å². The lowest BCUT2D eigenvalue weighted by Crippen LogP contribution is -2.31. The van der Waals surface area contributed by atoms with Gasteiger partial charge in [-0.15, -0.1) is 0 Å². The Hall–Kier alpha value is -0.0400. The Morgan fingerprint density at radius 1 is 0.889 bits per heavy atom. The zero-order valence-corrected chi connectivity index (χ0v) is 12.6. The summed E-state index contributed by atoms with van der Waals surface area (Å²) in [5, 5.41) is 3.71. The second-order valence-corrected chi connectivity index (χ2v) is 7.16. The van der Waals surface area contributed by atoms with Crippen LogP contribution in [-0.4, -0.2) is 13.1 Å². The topological polar surface area (TPSA) is 12.0 Å². The summed E-state index contributed by atoms with van der Waals surface area (Å²) in [6.07, 6.45) is 13.6. The van der Waals surface area contributed by atoms with Gasteiger partial charge in [-0.2, -0.15) is 0 Å². The fourth-order valence-electron chi connectivity index (χ4n) is 4.24. The van der Waals surface area contributed by atoms with Crippen LogP contribution < -0.4 is 5.32 Å². The Morgan fingerprint density at radius 3 is 2.28 bits per heavy atom. The molecule has 0 radical (unpaired) electrons. The van der Waals surface area contributed by atoms with Crippen LogP contribution >= 0.6 is 0 Å². The molecule has 0 bridgehead atoms. The molecule has 0 saturated heterocycles. The molecule has 2 rings (SSSR count). The second kappa shape index (κ2) is 7.53. The highest BCUT2D eigenvalue weighted by Gasteiger charge is 2.33. The first-order valence-corrected chi connectivity index (χ1v) is 8.48. The molecule has 0 heterocycles. The minimum absolute atomic E-state index is 0.794. The Balaban J connectivity index is 1.78. The van der Waals surface area contributed by atoms with Crippen LogP contribution in [0.3, 0.4) is 0 Å². The van der Waals surface area contributed by atoms with Crippen molar-refractivity contribution in [3.8, 4) is 0 Å². The fraction of sp³-hybridized carbons (Fsp3) is 1.00. The van der Waals surface area contributed by atoms with E-state index in [9.17, 15) is 0 Å². The molecule has 2 atom stereocenters. The number of hydrogen-bond acceptors (Lipinski definition) is 1. The van der Waals surface area contributed by atoms with Gasteiger partial charge in [0.1, 0.15) is 0 Å². The van der Waals surface area contributed by atoms with Crippen molar-refractivity contribution in [3.05, 3.63) is 0 Å². The zero-order valence-electron chi connectivity index (χ0n) is 12.6. The molecule has 106 valence electrons. The van der Waals surface area contributed by atoms with Crippen LogP contribution in [0.4, 0.5) is 0 Å². The molecule has 2 unspecified atom stereocenters. The highest BCUT2D eigenvalue weighted by atomic mass is 14.9. The van der Waals surface area contributed by atoms with Gasteiger partial charge in [-0.05, 0) is 49.6 Å². The van der Waals surface area contributed by atoms with E-state index in [1.54, 1.807) is 0 Å². The molecule has 2 saturated carbocycles. The molecule has 2 aliphatic carbocycles. The Morgan fingerprint density at radius 2 is 1.61 bits per heavy atom. The maximum Gasteiger partial charge on any atom is -0.00177 e. The summed E-state index contributed by atoms with van der Waals surface area (Å²) in [6, 6.07) is 0. The third-order valence-corrected chi connectivity index (χ3v) is 5.18. The Kier molecular flexibility index (Phi) is 6.01. The van der Waals surface area contributed by atoms with Crippen molar-refractivity contribution in [2.45, 2.75) is 71.6 Å². The highest BCUT2D eigenvalue weighted by Crippen LogP contribution is 2.42. The molecule has 0 aromatic rings. The van der Waals surface area contributed by atoms with Crippen LogP contribution in [-0.2, 0) is 0 Å². The molecule has 1 heteroatoms. The quantitative estimate of drug-likeness (QED) is 0.703. The van der Waals surface area contributed by atoms with Gasteiger partial charge in [0, 0.05) is 0 Å². The lowest BCUT2D eigenvalue weighted by atomic mass is 9.79. The van der Waals surface area contributed by atoms with E-state index in [1.807, 2.05) is 0 Å². The molecule has 0 aliphatic heterocycles. The molecule has 18 heavy (non-hydrogen) atoms. The van der Waals surface area contributed by atoms with E-state index in [1.165, 1.54) is 70.9 Å². The molecule has 0 aromatic carbocycles. The molecule has 0 spiro atoms. The summed E-state index contributed by atoms with van der Waals surface area (Å²) in [6.45, 7) is 7.11. The highest BCUT2D eigenvalue weighted by molar-refractivity contribution is 4.85. The standard InChI is InChI=1S/C17H33N/c1-14(2)12-18-13-16-10-7-11-17(16)15-8-5-3-4-6-9-15/h14-18H,3-13H2,1-2H3. The van der Waals surface area contributed by atoms with Gasteiger partial charge in [0.2, 0.25) is 0 Å². The molecule has 1 N–H and O–H groups in total. The van der Waals surface area contributed by atoms with E-state index in [0.29, 0.717) is 0 Å². The van der Waals surface area contributed by atoms with Gasteiger partial charge in [-0.3, -0.25) is 0 Å². The number of nitrogens with one attached hydrogen (secondary N) is 1. The maximum atomic E-state index is 3.71. The smallest absolute Gasteiger partial charge is 0.00177 e. The molecule has 2 fully saturated rings. The first-order valence-electron chi connectivity index (χ1n) is 8.48. The largest absolute Gasteiger partial charge is 0.316 e. The van der Waals surface area contributed by atoms with Crippen molar-refractivity contribution in [2.75, 3.05) is 13.1 Å². The summed E-state index contributed by atoms with van der Waals surface area (Å²) >= 11 is 0. The minimum atomic E-state index is 0.794. The van der Waals surface area contributed by atoms with Crippen LogP contribution in [0.1, 0.15) is 71.6 Å². The van der Waals surface area contributed by atoms with E-state index in [0.717, 1.165) is 23.7 Å². The third-order valence-electron chi connectivity index (χ3n) is 5.18. The molecule has 0 aromatic heterocycles. The predicted octanol–water partition coefficient (Wildman–Crippen LogP) is 4.62. The molecule has 2 aliphatic rings. The summed E-state index contributed by atoms with van der Waals surface area (Å²) in [4.78, 5) is 0. The molecular weight excluding hydrogens is 218 g/mol. The van der Waals surface area contributed by atoms with E-state index >= 15 is 0 Å². The number of rotatable bonds is 5. The van der Waals surface area contributed by atoms with Gasteiger partial charge in [0.15, 0.2) is 0 Å². The number of hydrogen-bond donors (Lipinski definition) is 1. The Bertz CT molecular complexity index is 216. The van der Waals surface area contributed by atoms with Crippen LogP contribution in [0.5, 0.6) is 0 Å². The van der Waals surface area contributed by atoms with E-state index < -0.39 is 0 Å². The molecule has 1 nitrogen and oxygen atoms in total. The van der Waals surface area contributed by atoms with Gasteiger partial charge >= 0.3 is 0 Å². The average Bonchev–Trinajstić information content (AvgIpc) is 2.63. The van der Waals surface area contributed by atoms with Gasteiger partial charge in [0.25, 0.3) is 0 Å². The van der Waals surface area contributed by atoms with Crippen LogP contribution in [0.2, 0.25) is 0 Å². The van der Waals surface area contributed by atoms with Gasteiger partial charge < -0.3 is 5.32 Å². The minimum Gasteiger partial charge on any atom is -0.316 e. The fourth-order valence-corrected chi connectivity index (χ4v) is 4.24. The van der Waals surface area contributed by atoms with Gasteiger partial charge in [0.05, 0.1) is 0 Å². The lowest BCUT2D eigenvalue weighted by Gasteiger charge is -2.28. The van der Waals surface area contributed by atoms with Crippen LogP contribution in [0.25, 0.3) is 0 Å². The van der Waals surface area contributed by atoms with E-state index in [-0.39, 0.29) is 0 Å². The lowest BCUT2D eigenvalue weighted by molar-refractivity contribution is 0.230. The summed E-state index contributed by atoms with van der Waals surface area (Å²) in [7, 11) is 0. The maximum absolute atomic E-state index is 3.71. The van der Waals surface area contributed by atoms with Crippen molar-refractivity contribution in [2.24, 2.45) is 23.7 Å². The first-order chi connectivity index (χ1) is 8.77. The SMILES string of the molecule is CC(C)CNCC1CCCC1C1CCCCCC1. The normalized spacial score (nSPS) is 30.8. The van der Waals surface area contributed by atoms with E-state index in [4.69, 9.17) is 0 Å². The average molecular weight is 251 g/mol. The van der Waals surface area contributed by atoms with Crippen LogP contribution in [0, 0.1) is 23.7 Å². The van der Waals surface area contributed by atoms with Crippen molar-refractivity contribution >= 4 is 0 Å². The van der Waals surface area contributed by atoms with Crippen molar-refractivity contribution < 1.29 is 0 Å². The monoisotopic (exact) mass is 251 g/mol. The second-order valence-electron chi connectivity index (χ2n) is 7.16. The summed E-state index contributed by atoms with van der Waals surface area (Å²) in [5.41, 5.74) is 0. The van der Waals surface area contributed by atoms with Gasteiger partial charge in [-0.25, -0.2) is 0 Å². The third kappa shape index (κ3) is 4.26. The van der Waals surface area contributed by atoms with Gasteiger partial charge in [-0.1, -0.05) is 58.8 Å². The summed E-state index contributed by atoms with van der Waals surface area (Å²) in [5.74, 6) is 3.91. The zero-order chi connectivity index (χ0) is 12.8. The van der Waals surface area contributed by atoms with E-state index in [2.05, 4.69) is 19.2 Å². The summed E-state index contributed by atoms with van der Waals surface area (Å²) < 4.78 is 0. The van der Waals surface area contributed by atoms with Crippen LogP contribution in [0.15, 0.2) is 0 Å². The predicted molar refractivity (Wildman–Crippen MR) is 79.7 cm³/mol. The van der Waals surface area contributed by atoms with Crippen molar-refractivity contribution in [1.82, 2.24) is 5.32 Å². The molecular formula is C17H33N. The van der Waals surface area contributed by atoms with Crippen molar-refractivity contribution in [1.29, 1.82) is 0 Å². The van der Waals surface area contributed by atoms with Crippen molar-refractivity contribution in [3.63, 3.8) is 0 Å². The first kappa shape index (κ1) is 14.4.